The first-order valence-electron chi connectivity index (χ1n) is 6.69. The smallest absolute Gasteiger partial charge is 0.0410 e. The third-order valence-electron chi connectivity index (χ3n) is 3.25. The monoisotopic (exact) mass is 396 g/mol. The molecular formula is C16H18Br2N2. The van der Waals surface area contributed by atoms with Gasteiger partial charge < -0.3 is 5.32 Å². The van der Waals surface area contributed by atoms with Crippen LogP contribution in [0.2, 0.25) is 0 Å². The SMILES string of the molecule is CCNC(Cc1cncc(Br)c1)c1cccc(C)c1Br. The zero-order valence-electron chi connectivity index (χ0n) is 11.7. The fourth-order valence-electron chi connectivity index (χ4n) is 2.28. The van der Waals surface area contributed by atoms with E-state index >= 15 is 0 Å². The molecule has 0 radical (unpaired) electrons. The quantitative estimate of drug-likeness (QED) is 0.782. The van der Waals surface area contributed by atoms with Crippen LogP contribution in [-0.2, 0) is 6.42 Å². The predicted molar refractivity (Wildman–Crippen MR) is 90.9 cm³/mol. The Bertz CT molecular complexity index is 584. The number of hydrogen-bond donors (Lipinski definition) is 1. The van der Waals surface area contributed by atoms with Crippen molar-refractivity contribution in [3.63, 3.8) is 0 Å². The largest absolute Gasteiger partial charge is 0.310 e. The van der Waals surface area contributed by atoms with Crippen LogP contribution >= 0.6 is 31.9 Å². The van der Waals surface area contributed by atoms with E-state index in [1.165, 1.54) is 21.2 Å². The summed E-state index contributed by atoms with van der Waals surface area (Å²) >= 11 is 7.19. The van der Waals surface area contributed by atoms with E-state index in [4.69, 9.17) is 0 Å². The van der Waals surface area contributed by atoms with Gasteiger partial charge in [0, 0.05) is 27.4 Å². The molecule has 0 aliphatic carbocycles. The zero-order chi connectivity index (χ0) is 14.5. The molecule has 1 aromatic carbocycles. The summed E-state index contributed by atoms with van der Waals surface area (Å²) < 4.78 is 2.21. The van der Waals surface area contributed by atoms with Gasteiger partial charge in [0.2, 0.25) is 0 Å². The summed E-state index contributed by atoms with van der Waals surface area (Å²) in [4.78, 5) is 4.24. The topological polar surface area (TPSA) is 24.9 Å². The summed E-state index contributed by atoms with van der Waals surface area (Å²) in [6, 6.07) is 8.82. The van der Waals surface area contributed by atoms with Crippen molar-refractivity contribution in [2.24, 2.45) is 0 Å². The molecule has 0 spiro atoms. The van der Waals surface area contributed by atoms with Crippen LogP contribution in [0.4, 0.5) is 0 Å². The Balaban J connectivity index is 2.29. The highest BCUT2D eigenvalue weighted by molar-refractivity contribution is 9.10. The molecule has 20 heavy (non-hydrogen) atoms. The average molecular weight is 398 g/mol. The fourth-order valence-corrected chi connectivity index (χ4v) is 3.23. The second-order valence-electron chi connectivity index (χ2n) is 4.80. The number of aryl methyl sites for hydroxylation is 1. The maximum absolute atomic E-state index is 4.24. The molecule has 1 unspecified atom stereocenters. The third-order valence-corrected chi connectivity index (χ3v) is 4.77. The molecule has 1 N–H and O–H groups in total. The summed E-state index contributed by atoms with van der Waals surface area (Å²) in [5.74, 6) is 0. The van der Waals surface area contributed by atoms with Crippen LogP contribution in [0, 0.1) is 6.92 Å². The van der Waals surface area contributed by atoms with Crippen molar-refractivity contribution in [3.8, 4) is 0 Å². The second kappa shape index (κ2) is 7.34. The first-order valence-corrected chi connectivity index (χ1v) is 8.28. The van der Waals surface area contributed by atoms with Crippen molar-refractivity contribution in [2.75, 3.05) is 6.54 Å². The number of nitrogens with zero attached hydrogens (tertiary/aromatic N) is 1. The number of nitrogens with one attached hydrogen (secondary N) is 1. The van der Waals surface area contributed by atoms with E-state index in [9.17, 15) is 0 Å². The van der Waals surface area contributed by atoms with Crippen LogP contribution in [-0.4, -0.2) is 11.5 Å². The minimum Gasteiger partial charge on any atom is -0.310 e. The van der Waals surface area contributed by atoms with E-state index in [2.05, 4.69) is 80.3 Å². The standard InChI is InChI=1S/C16H18Br2N2/c1-3-20-15(8-12-7-13(17)10-19-9-12)14-6-4-5-11(2)16(14)18/h4-7,9-10,15,20H,3,8H2,1-2H3. The lowest BCUT2D eigenvalue weighted by molar-refractivity contribution is 0.547. The van der Waals surface area contributed by atoms with E-state index in [1.807, 2.05) is 12.4 Å². The summed E-state index contributed by atoms with van der Waals surface area (Å²) in [6.07, 6.45) is 4.66. The molecule has 0 saturated heterocycles. The fraction of sp³-hybridized carbons (Fsp3) is 0.312. The van der Waals surface area contributed by atoms with Crippen molar-refractivity contribution in [3.05, 3.63) is 62.3 Å². The van der Waals surface area contributed by atoms with Gasteiger partial charge in [0.25, 0.3) is 0 Å². The first-order chi connectivity index (χ1) is 9.61. The lowest BCUT2D eigenvalue weighted by atomic mass is 9.98. The number of benzene rings is 1. The molecule has 0 fully saturated rings. The predicted octanol–water partition coefficient (Wildman–Crippen LogP) is 4.81. The van der Waals surface area contributed by atoms with E-state index in [-0.39, 0.29) is 6.04 Å². The van der Waals surface area contributed by atoms with Crippen LogP contribution in [0.5, 0.6) is 0 Å². The molecular weight excluding hydrogens is 380 g/mol. The molecule has 2 rings (SSSR count). The van der Waals surface area contributed by atoms with E-state index < -0.39 is 0 Å². The molecule has 0 aliphatic heterocycles. The highest BCUT2D eigenvalue weighted by Crippen LogP contribution is 2.29. The van der Waals surface area contributed by atoms with Crippen molar-refractivity contribution in [2.45, 2.75) is 26.3 Å². The number of likely N-dealkylation sites (N-methyl/N-ethyl adjacent to an activating group) is 1. The molecule has 2 aromatic rings. The molecule has 0 aliphatic rings. The van der Waals surface area contributed by atoms with Gasteiger partial charge in [-0.15, -0.1) is 0 Å². The minimum atomic E-state index is 0.283. The Kier molecular flexibility index (Phi) is 5.75. The molecule has 1 atom stereocenters. The highest BCUT2D eigenvalue weighted by Gasteiger charge is 2.15. The molecule has 0 amide bonds. The molecule has 1 heterocycles. The van der Waals surface area contributed by atoms with E-state index in [0.29, 0.717) is 0 Å². The minimum absolute atomic E-state index is 0.283. The van der Waals surface area contributed by atoms with Gasteiger partial charge in [-0.2, -0.15) is 0 Å². The van der Waals surface area contributed by atoms with E-state index in [0.717, 1.165) is 17.4 Å². The Morgan fingerprint density at radius 1 is 1.25 bits per heavy atom. The van der Waals surface area contributed by atoms with E-state index in [1.54, 1.807) is 0 Å². The number of halogens is 2. The average Bonchev–Trinajstić information content (AvgIpc) is 2.42. The first kappa shape index (κ1) is 15.7. The number of pyridine rings is 1. The normalized spacial score (nSPS) is 12.4. The van der Waals surface area contributed by atoms with Crippen molar-refractivity contribution >= 4 is 31.9 Å². The van der Waals surface area contributed by atoms with Gasteiger partial charge >= 0.3 is 0 Å². The van der Waals surface area contributed by atoms with Crippen LogP contribution in [0.15, 0.2) is 45.6 Å². The third kappa shape index (κ3) is 3.90. The number of hydrogen-bond acceptors (Lipinski definition) is 2. The van der Waals surface area contributed by atoms with Gasteiger partial charge in [0.1, 0.15) is 0 Å². The Hall–Kier alpha value is -0.710. The van der Waals surface area contributed by atoms with Crippen LogP contribution < -0.4 is 5.32 Å². The summed E-state index contributed by atoms with van der Waals surface area (Å²) in [5.41, 5.74) is 3.78. The van der Waals surface area contributed by atoms with Crippen LogP contribution in [0.1, 0.15) is 29.7 Å². The Labute approximate surface area is 137 Å². The summed E-state index contributed by atoms with van der Waals surface area (Å²) in [7, 11) is 0. The molecule has 4 heteroatoms. The van der Waals surface area contributed by atoms with Crippen LogP contribution in [0.25, 0.3) is 0 Å². The van der Waals surface area contributed by atoms with Gasteiger partial charge in [-0.1, -0.05) is 41.1 Å². The molecule has 0 bridgehead atoms. The molecule has 106 valence electrons. The van der Waals surface area contributed by atoms with Crippen molar-refractivity contribution in [1.82, 2.24) is 10.3 Å². The Morgan fingerprint density at radius 2 is 2.05 bits per heavy atom. The second-order valence-corrected chi connectivity index (χ2v) is 6.51. The van der Waals surface area contributed by atoms with Gasteiger partial charge in [-0.3, -0.25) is 4.98 Å². The molecule has 2 nitrogen and oxygen atoms in total. The summed E-state index contributed by atoms with van der Waals surface area (Å²) in [5, 5.41) is 3.56. The van der Waals surface area contributed by atoms with Crippen molar-refractivity contribution in [1.29, 1.82) is 0 Å². The number of rotatable bonds is 5. The highest BCUT2D eigenvalue weighted by atomic mass is 79.9. The zero-order valence-corrected chi connectivity index (χ0v) is 14.8. The van der Waals surface area contributed by atoms with Gasteiger partial charge in [-0.25, -0.2) is 0 Å². The van der Waals surface area contributed by atoms with Gasteiger partial charge in [0.05, 0.1) is 0 Å². The maximum atomic E-state index is 4.24. The Morgan fingerprint density at radius 3 is 2.75 bits per heavy atom. The maximum Gasteiger partial charge on any atom is 0.0410 e. The molecule has 0 saturated carbocycles. The lowest BCUT2D eigenvalue weighted by Crippen LogP contribution is -2.23. The summed E-state index contributed by atoms with van der Waals surface area (Å²) in [6.45, 7) is 5.19. The van der Waals surface area contributed by atoms with Gasteiger partial charge in [0.15, 0.2) is 0 Å². The lowest BCUT2D eigenvalue weighted by Gasteiger charge is -2.20. The van der Waals surface area contributed by atoms with Crippen molar-refractivity contribution < 1.29 is 0 Å². The van der Waals surface area contributed by atoms with Gasteiger partial charge in [-0.05, 0) is 58.6 Å². The number of aromatic nitrogens is 1. The molecule has 1 aromatic heterocycles. The van der Waals surface area contributed by atoms with Crippen LogP contribution in [0.3, 0.4) is 0 Å².